The highest BCUT2D eigenvalue weighted by molar-refractivity contribution is 7.15. The van der Waals surface area contributed by atoms with Gasteiger partial charge in [0.2, 0.25) is 0 Å². The van der Waals surface area contributed by atoms with Gasteiger partial charge < -0.3 is 5.11 Å². The molecule has 2 aromatic rings. The monoisotopic (exact) mass is 251 g/mol. The van der Waals surface area contributed by atoms with Crippen LogP contribution in [0.3, 0.4) is 0 Å². The summed E-state index contributed by atoms with van der Waals surface area (Å²) in [6.45, 7) is 5.81. The fourth-order valence-corrected chi connectivity index (χ4v) is 2.52. The van der Waals surface area contributed by atoms with E-state index < -0.39 is 5.97 Å². The lowest BCUT2D eigenvalue weighted by atomic mass is 10.3. The Balaban J connectivity index is 2.50. The Morgan fingerprint density at radius 3 is 2.76 bits per heavy atom. The topological polar surface area (TPSA) is 68.0 Å². The van der Waals surface area contributed by atoms with E-state index in [-0.39, 0.29) is 11.7 Å². The van der Waals surface area contributed by atoms with Gasteiger partial charge in [-0.15, -0.1) is 11.3 Å². The van der Waals surface area contributed by atoms with Gasteiger partial charge >= 0.3 is 5.97 Å². The van der Waals surface area contributed by atoms with Crippen molar-refractivity contribution in [2.45, 2.75) is 26.8 Å². The second-order valence-corrected chi connectivity index (χ2v) is 5.19. The highest BCUT2D eigenvalue weighted by atomic mass is 32.1. The SMILES string of the molecule is Cc1sc(-c2ccnn2C(C)C)nc1C(=O)O. The summed E-state index contributed by atoms with van der Waals surface area (Å²) in [5, 5.41) is 13.9. The standard InChI is InChI=1S/C11H13N3O2S/c1-6(2)14-8(4-5-12-14)10-13-9(11(15)16)7(3)17-10/h4-6H,1-3H3,(H,15,16). The lowest BCUT2D eigenvalue weighted by Crippen LogP contribution is -2.04. The molecule has 0 aliphatic rings. The third-order valence-corrected chi connectivity index (χ3v) is 3.37. The van der Waals surface area contributed by atoms with E-state index >= 15 is 0 Å². The largest absolute Gasteiger partial charge is 0.476 e. The molecule has 0 spiro atoms. The molecule has 0 unspecified atom stereocenters. The molecule has 0 bridgehead atoms. The van der Waals surface area contributed by atoms with Crippen LogP contribution in [0.15, 0.2) is 12.3 Å². The van der Waals surface area contributed by atoms with Crippen molar-refractivity contribution in [1.29, 1.82) is 0 Å². The van der Waals surface area contributed by atoms with Crippen molar-refractivity contribution in [2.24, 2.45) is 0 Å². The van der Waals surface area contributed by atoms with E-state index in [0.717, 1.165) is 5.69 Å². The number of aromatic nitrogens is 3. The molecular weight excluding hydrogens is 238 g/mol. The average Bonchev–Trinajstić information content (AvgIpc) is 2.82. The zero-order chi connectivity index (χ0) is 12.6. The second kappa shape index (κ2) is 4.29. The normalized spacial score (nSPS) is 11.1. The van der Waals surface area contributed by atoms with Crippen LogP contribution in [0.2, 0.25) is 0 Å². The number of hydrogen-bond acceptors (Lipinski definition) is 4. The van der Waals surface area contributed by atoms with Crippen molar-refractivity contribution in [3.8, 4) is 10.7 Å². The van der Waals surface area contributed by atoms with Gasteiger partial charge in [0.25, 0.3) is 0 Å². The molecule has 1 N–H and O–H groups in total. The van der Waals surface area contributed by atoms with E-state index in [1.54, 1.807) is 13.1 Å². The van der Waals surface area contributed by atoms with Crippen LogP contribution in [0.4, 0.5) is 0 Å². The van der Waals surface area contributed by atoms with Crippen molar-refractivity contribution < 1.29 is 9.90 Å². The summed E-state index contributed by atoms with van der Waals surface area (Å²) in [4.78, 5) is 15.8. The molecule has 6 heteroatoms. The number of hydrogen-bond donors (Lipinski definition) is 1. The van der Waals surface area contributed by atoms with Crippen LogP contribution in [-0.2, 0) is 0 Å². The Hall–Kier alpha value is -1.69. The molecule has 90 valence electrons. The molecule has 0 radical (unpaired) electrons. The van der Waals surface area contributed by atoms with Gasteiger partial charge in [0.05, 0.1) is 5.69 Å². The summed E-state index contributed by atoms with van der Waals surface area (Å²) in [5.74, 6) is -0.986. The smallest absolute Gasteiger partial charge is 0.355 e. The van der Waals surface area contributed by atoms with E-state index in [1.807, 2.05) is 24.6 Å². The molecule has 0 aliphatic heterocycles. The van der Waals surface area contributed by atoms with Crippen molar-refractivity contribution in [3.63, 3.8) is 0 Å². The van der Waals surface area contributed by atoms with E-state index in [0.29, 0.717) is 9.88 Å². The molecule has 2 rings (SSSR count). The maximum Gasteiger partial charge on any atom is 0.355 e. The number of rotatable bonds is 3. The molecule has 0 saturated heterocycles. The summed E-state index contributed by atoms with van der Waals surface area (Å²) in [5.41, 5.74) is 0.988. The molecule has 0 atom stereocenters. The van der Waals surface area contributed by atoms with Crippen LogP contribution in [0.25, 0.3) is 10.7 Å². The molecule has 0 aromatic carbocycles. The minimum atomic E-state index is -0.986. The first-order valence-electron chi connectivity index (χ1n) is 5.25. The van der Waals surface area contributed by atoms with Crippen LogP contribution < -0.4 is 0 Å². The predicted molar refractivity (Wildman–Crippen MR) is 65.4 cm³/mol. The third-order valence-electron chi connectivity index (χ3n) is 2.38. The second-order valence-electron chi connectivity index (χ2n) is 3.98. The molecule has 5 nitrogen and oxygen atoms in total. The summed E-state index contributed by atoms with van der Waals surface area (Å²) in [7, 11) is 0. The van der Waals surface area contributed by atoms with Crippen LogP contribution in [-0.4, -0.2) is 25.8 Å². The average molecular weight is 251 g/mol. The molecular formula is C11H13N3O2S. The molecule has 0 aliphatic carbocycles. The Morgan fingerprint density at radius 1 is 1.53 bits per heavy atom. The van der Waals surface area contributed by atoms with Crippen LogP contribution >= 0.6 is 11.3 Å². The van der Waals surface area contributed by atoms with E-state index in [4.69, 9.17) is 5.11 Å². The van der Waals surface area contributed by atoms with Gasteiger partial charge in [0, 0.05) is 17.1 Å². The fraction of sp³-hybridized carbons (Fsp3) is 0.364. The molecule has 0 saturated carbocycles. The maximum absolute atomic E-state index is 10.9. The zero-order valence-corrected chi connectivity index (χ0v) is 10.7. The molecule has 2 heterocycles. The van der Waals surface area contributed by atoms with Crippen LogP contribution in [0, 0.1) is 6.92 Å². The van der Waals surface area contributed by atoms with Crippen LogP contribution in [0.1, 0.15) is 35.3 Å². The van der Waals surface area contributed by atoms with Crippen molar-refractivity contribution in [2.75, 3.05) is 0 Å². The number of thiazole rings is 1. The van der Waals surface area contributed by atoms with Gasteiger partial charge in [-0.25, -0.2) is 9.78 Å². The zero-order valence-electron chi connectivity index (χ0n) is 9.84. The quantitative estimate of drug-likeness (QED) is 0.910. The van der Waals surface area contributed by atoms with Crippen molar-refractivity contribution >= 4 is 17.3 Å². The first-order chi connectivity index (χ1) is 8.00. The molecule has 2 aromatic heterocycles. The van der Waals surface area contributed by atoms with Gasteiger partial charge in [-0.1, -0.05) is 0 Å². The number of carbonyl (C=O) groups is 1. The summed E-state index contributed by atoms with van der Waals surface area (Å²) in [6.07, 6.45) is 1.70. The lowest BCUT2D eigenvalue weighted by molar-refractivity contribution is 0.0690. The van der Waals surface area contributed by atoms with Gasteiger partial charge in [-0.2, -0.15) is 5.10 Å². The number of nitrogens with zero attached hydrogens (tertiary/aromatic N) is 3. The molecule has 17 heavy (non-hydrogen) atoms. The van der Waals surface area contributed by atoms with Gasteiger partial charge in [0.1, 0.15) is 5.01 Å². The van der Waals surface area contributed by atoms with Gasteiger partial charge in [-0.3, -0.25) is 4.68 Å². The lowest BCUT2D eigenvalue weighted by Gasteiger charge is -2.08. The molecule has 0 amide bonds. The first kappa shape index (κ1) is 11.8. The van der Waals surface area contributed by atoms with Crippen molar-refractivity contribution in [3.05, 3.63) is 22.8 Å². The van der Waals surface area contributed by atoms with E-state index in [2.05, 4.69) is 10.1 Å². The highest BCUT2D eigenvalue weighted by Crippen LogP contribution is 2.28. The van der Waals surface area contributed by atoms with E-state index in [9.17, 15) is 4.79 Å². The minimum absolute atomic E-state index is 0.126. The first-order valence-corrected chi connectivity index (χ1v) is 6.07. The predicted octanol–water partition coefficient (Wildman–Crippen LogP) is 2.59. The third kappa shape index (κ3) is 2.08. The van der Waals surface area contributed by atoms with Gasteiger partial charge in [-0.05, 0) is 26.8 Å². The summed E-state index contributed by atoms with van der Waals surface area (Å²) >= 11 is 1.38. The van der Waals surface area contributed by atoms with E-state index in [1.165, 1.54) is 11.3 Å². The van der Waals surface area contributed by atoms with Crippen LogP contribution in [0.5, 0.6) is 0 Å². The number of carboxylic acid groups (broad SMARTS) is 1. The number of aryl methyl sites for hydroxylation is 1. The van der Waals surface area contributed by atoms with Crippen molar-refractivity contribution in [1.82, 2.24) is 14.8 Å². The fourth-order valence-electron chi connectivity index (χ4n) is 1.60. The minimum Gasteiger partial charge on any atom is -0.476 e. The Morgan fingerprint density at radius 2 is 2.24 bits per heavy atom. The Labute approximate surface area is 103 Å². The maximum atomic E-state index is 10.9. The Bertz CT molecular complexity index is 557. The number of carboxylic acids is 1. The summed E-state index contributed by atoms with van der Waals surface area (Å²) < 4.78 is 1.84. The Kier molecular flexibility index (Phi) is 2.97. The highest BCUT2D eigenvalue weighted by Gasteiger charge is 2.18. The summed E-state index contributed by atoms with van der Waals surface area (Å²) in [6, 6.07) is 2.07. The molecule has 0 fully saturated rings. The van der Waals surface area contributed by atoms with Gasteiger partial charge in [0.15, 0.2) is 5.69 Å². The number of aromatic carboxylic acids is 1.